The van der Waals surface area contributed by atoms with Gasteiger partial charge in [-0.3, -0.25) is 4.79 Å². The summed E-state index contributed by atoms with van der Waals surface area (Å²) in [5, 5.41) is 13.7. The number of carbonyl (C=O) groups excluding carboxylic acids is 1. The SMILES string of the molecule is CN(CCc1cccs1)C(=O)NCC1(C(=O)O)CC1. The van der Waals surface area contributed by atoms with Gasteiger partial charge in [0.05, 0.1) is 5.41 Å². The molecule has 104 valence electrons. The van der Waals surface area contributed by atoms with E-state index in [1.54, 1.807) is 23.3 Å². The second-order valence-corrected chi connectivity index (χ2v) is 6.03. The van der Waals surface area contributed by atoms with Gasteiger partial charge < -0.3 is 15.3 Å². The average Bonchev–Trinajstić information content (AvgIpc) is 3.01. The molecule has 2 rings (SSSR count). The van der Waals surface area contributed by atoms with Gasteiger partial charge in [-0.2, -0.15) is 0 Å². The fourth-order valence-corrected chi connectivity index (χ4v) is 2.53. The molecule has 19 heavy (non-hydrogen) atoms. The third-order valence-corrected chi connectivity index (χ3v) is 4.44. The maximum atomic E-state index is 11.8. The van der Waals surface area contributed by atoms with Crippen molar-refractivity contribution in [2.75, 3.05) is 20.1 Å². The van der Waals surface area contributed by atoms with E-state index in [2.05, 4.69) is 5.32 Å². The van der Waals surface area contributed by atoms with Gasteiger partial charge >= 0.3 is 12.0 Å². The van der Waals surface area contributed by atoms with Crippen LogP contribution < -0.4 is 5.32 Å². The molecule has 0 unspecified atom stereocenters. The lowest BCUT2D eigenvalue weighted by molar-refractivity contribution is -0.143. The Labute approximate surface area is 116 Å². The number of amides is 2. The molecule has 0 aliphatic heterocycles. The number of urea groups is 1. The summed E-state index contributed by atoms with van der Waals surface area (Å²) in [6, 6.07) is 3.83. The molecule has 2 N–H and O–H groups in total. The Morgan fingerprint density at radius 3 is 2.79 bits per heavy atom. The molecule has 6 heteroatoms. The summed E-state index contributed by atoms with van der Waals surface area (Å²) in [6.07, 6.45) is 2.13. The molecule has 0 bridgehead atoms. The van der Waals surface area contributed by atoms with E-state index in [4.69, 9.17) is 5.11 Å². The quantitative estimate of drug-likeness (QED) is 0.836. The number of likely N-dealkylation sites (N-methyl/N-ethyl adjacent to an activating group) is 1. The number of hydrogen-bond donors (Lipinski definition) is 2. The lowest BCUT2D eigenvalue weighted by Crippen LogP contribution is -2.42. The number of rotatable bonds is 6. The molecule has 5 nitrogen and oxygen atoms in total. The van der Waals surface area contributed by atoms with Crippen LogP contribution in [-0.2, 0) is 11.2 Å². The molecule has 0 radical (unpaired) electrons. The number of thiophene rings is 1. The number of nitrogens with zero attached hydrogens (tertiary/aromatic N) is 1. The maximum absolute atomic E-state index is 11.8. The smallest absolute Gasteiger partial charge is 0.317 e. The molecule has 2 amide bonds. The molecule has 1 heterocycles. The zero-order chi connectivity index (χ0) is 13.9. The van der Waals surface area contributed by atoms with Gasteiger partial charge in [-0.15, -0.1) is 11.3 Å². The lowest BCUT2D eigenvalue weighted by Gasteiger charge is -2.19. The first-order valence-electron chi connectivity index (χ1n) is 6.28. The van der Waals surface area contributed by atoms with Gasteiger partial charge in [-0.05, 0) is 30.7 Å². The first-order valence-corrected chi connectivity index (χ1v) is 7.16. The number of hydrogen-bond acceptors (Lipinski definition) is 3. The summed E-state index contributed by atoms with van der Waals surface area (Å²) in [4.78, 5) is 25.6. The van der Waals surface area contributed by atoms with E-state index in [1.807, 2.05) is 17.5 Å². The summed E-state index contributed by atoms with van der Waals surface area (Å²) in [6.45, 7) is 0.858. The fourth-order valence-electron chi connectivity index (χ4n) is 1.83. The van der Waals surface area contributed by atoms with E-state index in [0.717, 1.165) is 6.42 Å². The van der Waals surface area contributed by atoms with E-state index in [-0.39, 0.29) is 12.6 Å². The van der Waals surface area contributed by atoms with Crippen LogP contribution >= 0.6 is 11.3 Å². The summed E-state index contributed by atoms with van der Waals surface area (Å²) in [5.74, 6) is -0.811. The molecule has 0 atom stereocenters. The van der Waals surface area contributed by atoms with Crippen LogP contribution in [0.5, 0.6) is 0 Å². The van der Waals surface area contributed by atoms with Crippen LogP contribution in [0.2, 0.25) is 0 Å². The normalized spacial score (nSPS) is 15.8. The second-order valence-electron chi connectivity index (χ2n) is 5.00. The predicted molar refractivity (Wildman–Crippen MR) is 73.4 cm³/mol. The molecular weight excluding hydrogens is 264 g/mol. The first kappa shape index (κ1) is 13.9. The Morgan fingerprint density at radius 1 is 1.53 bits per heavy atom. The van der Waals surface area contributed by atoms with Crippen LogP contribution in [0.3, 0.4) is 0 Å². The summed E-state index contributed by atoms with van der Waals surface area (Å²) in [7, 11) is 1.73. The van der Waals surface area contributed by atoms with E-state index in [9.17, 15) is 9.59 Å². The summed E-state index contributed by atoms with van der Waals surface area (Å²) >= 11 is 1.67. The lowest BCUT2D eigenvalue weighted by atomic mass is 10.1. The molecule has 0 saturated heterocycles. The van der Waals surface area contributed by atoms with Crippen molar-refractivity contribution in [3.05, 3.63) is 22.4 Å². The van der Waals surface area contributed by atoms with Crippen LogP contribution in [0.1, 0.15) is 17.7 Å². The molecule has 0 spiro atoms. The van der Waals surface area contributed by atoms with E-state index in [1.165, 1.54) is 4.88 Å². The van der Waals surface area contributed by atoms with Crippen LogP contribution in [0.25, 0.3) is 0 Å². The first-order chi connectivity index (χ1) is 9.03. The van der Waals surface area contributed by atoms with Crippen LogP contribution in [-0.4, -0.2) is 42.1 Å². The molecule has 1 aliphatic carbocycles. The van der Waals surface area contributed by atoms with Gasteiger partial charge in [0, 0.05) is 25.0 Å². The number of carbonyl (C=O) groups is 2. The number of aliphatic carboxylic acids is 1. The minimum Gasteiger partial charge on any atom is -0.481 e. The van der Waals surface area contributed by atoms with Gasteiger partial charge in [0.1, 0.15) is 0 Å². The highest BCUT2D eigenvalue weighted by Gasteiger charge is 2.50. The van der Waals surface area contributed by atoms with Crippen molar-refractivity contribution in [1.29, 1.82) is 0 Å². The Bertz CT molecular complexity index is 454. The third-order valence-electron chi connectivity index (χ3n) is 3.51. The van der Waals surface area contributed by atoms with Crippen molar-refractivity contribution < 1.29 is 14.7 Å². The van der Waals surface area contributed by atoms with Crippen molar-refractivity contribution in [1.82, 2.24) is 10.2 Å². The van der Waals surface area contributed by atoms with Crippen LogP contribution in [0.15, 0.2) is 17.5 Å². The highest BCUT2D eigenvalue weighted by atomic mass is 32.1. The van der Waals surface area contributed by atoms with Crippen molar-refractivity contribution in [3.63, 3.8) is 0 Å². The monoisotopic (exact) mass is 282 g/mol. The Balaban J connectivity index is 1.72. The third kappa shape index (κ3) is 3.47. The van der Waals surface area contributed by atoms with Gasteiger partial charge in [0.25, 0.3) is 0 Å². The number of nitrogens with one attached hydrogen (secondary N) is 1. The van der Waals surface area contributed by atoms with Gasteiger partial charge in [-0.1, -0.05) is 6.07 Å². The Kier molecular flexibility index (Phi) is 4.09. The molecular formula is C13H18N2O3S. The average molecular weight is 282 g/mol. The van der Waals surface area contributed by atoms with Gasteiger partial charge in [-0.25, -0.2) is 4.79 Å². The molecule has 1 fully saturated rings. The fraction of sp³-hybridized carbons (Fsp3) is 0.538. The minimum absolute atomic E-state index is 0.205. The second kappa shape index (κ2) is 5.61. The van der Waals surface area contributed by atoms with Crippen molar-refractivity contribution in [3.8, 4) is 0 Å². The van der Waals surface area contributed by atoms with E-state index in [0.29, 0.717) is 19.4 Å². The largest absolute Gasteiger partial charge is 0.481 e. The molecule has 1 saturated carbocycles. The highest BCUT2D eigenvalue weighted by Crippen LogP contribution is 2.45. The minimum atomic E-state index is -0.811. The number of carboxylic acid groups (broad SMARTS) is 1. The van der Waals surface area contributed by atoms with Crippen LogP contribution in [0, 0.1) is 5.41 Å². The summed E-state index contributed by atoms with van der Waals surface area (Å²) < 4.78 is 0. The number of carboxylic acids is 1. The molecule has 1 aromatic rings. The topological polar surface area (TPSA) is 69.6 Å². The summed E-state index contributed by atoms with van der Waals surface area (Å²) in [5.41, 5.74) is -0.704. The molecule has 0 aromatic carbocycles. The van der Waals surface area contributed by atoms with Gasteiger partial charge in [0.2, 0.25) is 0 Å². The maximum Gasteiger partial charge on any atom is 0.317 e. The zero-order valence-corrected chi connectivity index (χ0v) is 11.7. The van der Waals surface area contributed by atoms with Crippen molar-refractivity contribution in [2.24, 2.45) is 5.41 Å². The highest BCUT2D eigenvalue weighted by molar-refractivity contribution is 7.09. The Morgan fingerprint density at radius 2 is 2.26 bits per heavy atom. The van der Waals surface area contributed by atoms with Gasteiger partial charge in [0.15, 0.2) is 0 Å². The Hall–Kier alpha value is -1.56. The van der Waals surface area contributed by atoms with Crippen molar-refractivity contribution >= 4 is 23.3 Å². The van der Waals surface area contributed by atoms with E-state index < -0.39 is 11.4 Å². The van der Waals surface area contributed by atoms with E-state index >= 15 is 0 Å². The standard InChI is InChI=1S/C13H18N2O3S/c1-15(7-4-10-3-2-8-19-10)12(18)14-9-13(5-6-13)11(16)17/h2-3,8H,4-7,9H2,1H3,(H,14,18)(H,16,17). The molecule has 1 aliphatic rings. The predicted octanol–water partition coefficient (Wildman–Crippen LogP) is 1.80. The molecule has 1 aromatic heterocycles. The van der Waals surface area contributed by atoms with Crippen LogP contribution in [0.4, 0.5) is 4.79 Å². The van der Waals surface area contributed by atoms with Crippen molar-refractivity contribution in [2.45, 2.75) is 19.3 Å². The zero-order valence-electron chi connectivity index (χ0n) is 10.9.